The van der Waals surface area contributed by atoms with Gasteiger partial charge in [-0.05, 0) is 18.1 Å². The summed E-state index contributed by atoms with van der Waals surface area (Å²) in [7, 11) is 0. The van der Waals surface area contributed by atoms with Gasteiger partial charge in [-0.15, -0.1) is 0 Å². The van der Waals surface area contributed by atoms with Crippen molar-refractivity contribution in [2.45, 2.75) is 12.2 Å². The van der Waals surface area contributed by atoms with E-state index in [2.05, 4.69) is 39.9 Å². The van der Waals surface area contributed by atoms with Crippen molar-refractivity contribution in [3.8, 4) is 0 Å². The Morgan fingerprint density at radius 1 is 1.33 bits per heavy atom. The monoisotopic (exact) mass is 317 g/mol. The van der Waals surface area contributed by atoms with E-state index in [1.807, 2.05) is 12.1 Å². The van der Waals surface area contributed by atoms with Crippen LogP contribution in [-0.2, 0) is 12.2 Å². The van der Waals surface area contributed by atoms with Crippen LogP contribution in [0.5, 0.6) is 0 Å². The molecule has 0 unspecified atom stereocenters. The summed E-state index contributed by atoms with van der Waals surface area (Å²) in [5.41, 5.74) is 3.39. The molecule has 1 aromatic carbocycles. The number of aromatic nitrogens is 2. The maximum Gasteiger partial charge on any atom is 0.134 e. The van der Waals surface area contributed by atoms with Gasteiger partial charge >= 0.3 is 0 Å². The van der Waals surface area contributed by atoms with Gasteiger partial charge in [-0.1, -0.05) is 47.3 Å². The average molecular weight is 317 g/mol. The Kier molecular flexibility index (Phi) is 4.57. The summed E-state index contributed by atoms with van der Waals surface area (Å²) in [4.78, 5) is 3.29. The third-order valence-corrected chi connectivity index (χ3v) is 4.53. The third-order valence-electron chi connectivity index (χ3n) is 3.18. The molecule has 0 atom stereocenters. The quantitative estimate of drug-likeness (QED) is 0.705. The second-order valence-corrected chi connectivity index (χ2v) is 6.26. The molecular formula is C15H15N3OS2. The zero-order valence-electron chi connectivity index (χ0n) is 11.3. The number of nitrogens with zero attached hydrogens (tertiary/aromatic N) is 1. The van der Waals surface area contributed by atoms with Crippen LogP contribution in [0.2, 0.25) is 0 Å². The number of hydrogen-bond acceptors (Lipinski definition) is 4. The van der Waals surface area contributed by atoms with Gasteiger partial charge in [-0.3, -0.25) is 0 Å². The lowest BCUT2D eigenvalue weighted by molar-refractivity contribution is 0.414. The van der Waals surface area contributed by atoms with Crippen LogP contribution in [0, 0.1) is 0 Å². The molecule has 0 aliphatic rings. The minimum absolute atomic E-state index is 0.732. The van der Waals surface area contributed by atoms with E-state index >= 15 is 0 Å². The van der Waals surface area contributed by atoms with E-state index in [-0.39, 0.29) is 0 Å². The minimum atomic E-state index is 0.732. The Morgan fingerprint density at radius 2 is 2.24 bits per heavy atom. The van der Waals surface area contributed by atoms with Crippen LogP contribution in [0.15, 0.2) is 47.3 Å². The molecule has 2 aromatic heterocycles. The number of nitrogens with one attached hydrogen (secondary N) is 2. The summed E-state index contributed by atoms with van der Waals surface area (Å²) in [6.07, 6.45) is 4.58. The van der Waals surface area contributed by atoms with E-state index in [0.717, 1.165) is 28.7 Å². The van der Waals surface area contributed by atoms with Gasteiger partial charge < -0.3 is 14.8 Å². The fourth-order valence-electron chi connectivity index (χ4n) is 2.14. The molecule has 108 valence electrons. The molecule has 3 aromatic rings. The second kappa shape index (κ2) is 6.78. The Hall–Kier alpha value is -1.79. The fourth-order valence-corrected chi connectivity index (χ4v) is 3.05. The van der Waals surface area contributed by atoms with Gasteiger partial charge in [0.05, 0.1) is 5.69 Å². The number of aromatic amines is 1. The zero-order chi connectivity index (χ0) is 14.5. The smallest absolute Gasteiger partial charge is 0.134 e. The lowest BCUT2D eigenvalue weighted by Crippen LogP contribution is -2.21. The zero-order valence-corrected chi connectivity index (χ0v) is 13.0. The van der Waals surface area contributed by atoms with Crippen LogP contribution in [0.4, 0.5) is 0 Å². The summed E-state index contributed by atoms with van der Waals surface area (Å²) >= 11 is 6.87. The largest absolute Gasteiger partial charge is 0.371 e. The van der Waals surface area contributed by atoms with Crippen molar-refractivity contribution < 1.29 is 4.52 Å². The molecule has 0 spiro atoms. The fraction of sp³-hybridized carbons (Fsp3) is 0.200. The molecule has 2 N–H and O–H groups in total. The highest BCUT2D eigenvalue weighted by Gasteiger charge is 2.04. The van der Waals surface area contributed by atoms with E-state index in [0.29, 0.717) is 0 Å². The summed E-state index contributed by atoms with van der Waals surface area (Å²) < 4.78 is 5.58. The van der Waals surface area contributed by atoms with E-state index in [4.69, 9.17) is 16.7 Å². The van der Waals surface area contributed by atoms with Crippen LogP contribution in [0.3, 0.4) is 0 Å². The highest BCUT2D eigenvalue weighted by Crippen LogP contribution is 2.18. The lowest BCUT2D eigenvalue weighted by Gasteiger charge is -2.06. The first-order valence-electron chi connectivity index (χ1n) is 6.68. The number of rotatable bonds is 5. The number of benzene rings is 1. The van der Waals surface area contributed by atoms with Crippen LogP contribution >= 0.6 is 24.0 Å². The van der Waals surface area contributed by atoms with Gasteiger partial charge in [0.2, 0.25) is 0 Å². The van der Waals surface area contributed by atoms with E-state index in [1.165, 1.54) is 16.5 Å². The van der Waals surface area contributed by atoms with E-state index in [9.17, 15) is 0 Å². The van der Waals surface area contributed by atoms with Gasteiger partial charge in [0.15, 0.2) is 0 Å². The Labute approximate surface area is 132 Å². The van der Waals surface area contributed by atoms with Crippen molar-refractivity contribution in [3.05, 3.63) is 54.0 Å². The minimum Gasteiger partial charge on any atom is -0.371 e. The van der Waals surface area contributed by atoms with Gasteiger partial charge in [0.25, 0.3) is 0 Å². The maximum absolute atomic E-state index is 5.30. The summed E-state index contributed by atoms with van der Waals surface area (Å²) in [5.74, 6) is 0.732. The van der Waals surface area contributed by atoms with Gasteiger partial charge in [-0.25, -0.2) is 0 Å². The first-order valence-corrected chi connectivity index (χ1v) is 8.07. The molecule has 0 aliphatic carbocycles. The predicted octanol–water partition coefficient (Wildman–Crippen LogP) is 3.51. The molecule has 0 fully saturated rings. The predicted molar refractivity (Wildman–Crippen MR) is 90.4 cm³/mol. The Bertz CT molecular complexity index is 721. The van der Waals surface area contributed by atoms with Crippen molar-refractivity contribution in [3.63, 3.8) is 0 Å². The summed E-state index contributed by atoms with van der Waals surface area (Å²) in [5, 5.41) is 8.40. The van der Waals surface area contributed by atoms with E-state index in [1.54, 1.807) is 18.0 Å². The van der Waals surface area contributed by atoms with Gasteiger partial charge in [0.1, 0.15) is 10.6 Å². The number of hydrogen-bond donors (Lipinski definition) is 2. The Morgan fingerprint density at radius 3 is 3.10 bits per heavy atom. The van der Waals surface area contributed by atoms with Crippen molar-refractivity contribution in [2.75, 3.05) is 6.54 Å². The van der Waals surface area contributed by atoms with Gasteiger partial charge in [-0.2, -0.15) is 0 Å². The third kappa shape index (κ3) is 3.65. The molecule has 0 amide bonds. The molecule has 0 bridgehead atoms. The summed E-state index contributed by atoms with van der Waals surface area (Å²) in [6, 6.07) is 10.2. The molecule has 2 heterocycles. The van der Waals surface area contributed by atoms with Crippen molar-refractivity contribution in [1.29, 1.82) is 0 Å². The van der Waals surface area contributed by atoms with Crippen molar-refractivity contribution in [1.82, 2.24) is 15.5 Å². The first-order chi connectivity index (χ1) is 10.3. The normalized spacial score (nSPS) is 10.9. The molecule has 0 radical (unpaired) electrons. The average Bonchev–Trinajstić information content (AvgIpc) is 3.15. The number of H-pyrrole nitrogens is 1. The molecule has 3 rings (SSSR count). The van der Waals surface area contributed by atoms with Crippen LogP contribution < -0.4 is 5.32 Å². The molecule has 4 nitrogen and oxygen atoms in total. The standard InChI is InChI=1S/C15H15N3OS2/c20-15(21-10-12-6-8-19-18-12)16-7-5-11-9-17-14-4-2-1-3-13(11)14/h1-4,6,8-9,17H,5,7,10H2,(H,16,20). The number of thioether (sulfide) groups is 1. The van der Waals surface area contributed by atoms with Crippen molar-refractivity contribution >= 4 is 39.2 Å². The number of thiocarbonyl (C=S) groups is 1. The molecule has 0 saturated carbocycles. The first kappa shape index (κ1) is 14.2. The maximum atomic E-state index is 5.30. The Balaban J connectivity index is 1.46. The molecular weight excluding hydrogens is 302 g/mol. The molecule has 0 aliphatic heterocycles. The lowest BCUT2D eigenvalue weighted by atomic mass is 10.1. The summed E-state index contributed by atoms with van der Waals surface area (Å²) in [6.45, 7) is 0.826. The van der Waals surface area contributed by atoms with Crippen LogP contribution in [0.1, 0.15) is 11.3 Å². The number of para-hydroxylation sites is 1. The highest BCUT2D eigenvalue weighted by atomic mass is 32.2. The topological polar surface area (TPSA) is 53.9 Å². The molecule has 6 heteroatoms. The number of fused-ring (bicyclic) bond motifs is 1. The van der Waals surface area contributed by atoms with Crippen LogP contribution in [-0.4, -0.2) is 21.0 Å². The van der Waals surface area contributed by atoms with E-state index < -0.39 is 0 Å². The molecule has 0 saturated heterocycles. The highest BCUT2D eigenvalue weighted by molar-refractivity contribution is 8.22. The molecule has 21 heavy (non-hydrogen) atoms. The van der Waals surface area contributed by atoms with Crippen molar-refractivity contribution in [2.24, 2.45) is 0 Å². The SMILES string of the molecule is S=C(NCCc1c[nH]c2ccccc12)SCc1ccon1. The van der Waals surface area contributed by atoms with Crippen LogP contribution in [0.25, 0.3) is 10.9 Å². The van der Waals surface area contributed by atoms with Gasteiger partial charge in [0, 0.05) is 35.5 Å². The second-order valence-electron chi connectivity index (χ2n) is 4.60.